The molecule has 1 aromatic carbocycles. The number of aliphatic hydroxyl groups is 1. The highest BCUT2D eigenvalue weighted by Gasteiger charge is 2.04. The van der Waals surface area contributed by atoms with Gasteiger partial charge in [0.1, 0.15) is 0 Å². The van der Waals surface area contributed by atoms with Crippen molar-refractivity contribution in [2.45, 2.75) is 13.3 Å². The second kappa shape index (κ2) is 4.02. The molecule has 0 aromatic heterocycles. The summed E-state index contributed by atoms with van der Waals surface area (Å²) in [6.07, 6.45) is 0.551. The second-order valence-corrected chi connectivity index (χ2v) is 2.69. The molecule has 0 saturated heterocycles. The molecule has 0 aliphatic heterocycles. The van der Waals surface area contributed by atoms with E-state index in [0.29, 0.717) is 12.0 Å². The van der Waals surface area contributed by atoms with Gasteiger partial charge in [-0.05, 0) is 18.9 Å². The summed E-state index contributed by atoms with van der Waals surface area (Å²) in [6.45, 7) is 1.63. The van der Waals surface area contributed by atoms with Crippen LogP contribution in [0.4, 0.5) is 0 Å². The Balaban J connectivity index is 3.00. The average molecular weight is 164 g/mol. The zero-order chi connectivity index (χ0) is 8.97. The molecule has 1 rings (SSSR count). The van der Waals surface area contributed by atoms with Crippen LogP contribution >= 0.6 is 0 Å². The van der Waals surface area contributed by atoms with Crippen LogP contribution in [0, 0.1) is 0 Å². The third-order valence-electron chi connectivity index (χ3n) is 1.78. The summed E-state index contributed by atoms with van der Waals surface area (Å²) >= 11 is 0. The van der Waals surface area contributed by atoms with Crippen molar-refractivity contribution in [1.29, 1.82) is 0 Å². The van der Waals surface area contributed by atoms with Gasteiger partial charge < -0.3 is 5.11 Å². The normalized spacial score (nSPS) is 9.83. The molecule has 2 nitrogen and oxygen atoms in total. The summed E-state index contributed by atoms with van der Waals surface area (Å²) in [4.78, 5) is 11.1. The number of hydrogen-bond acceptors (Lipinski definition) is 2. The van der Waals surface area contributed by atoms with Crippen molar-refractivity contribution in [3.63, 3.8) is 0 Å². The van der Waals surface area contributed by atoms with Crippen molar-refractivity contribution >= 4 is 5.78 Å². The molecular weight excluding hydrogens is 152 g/mol. The van der Waals surface area contributed by atoms with Gasteiger partial charge in [0.05, 0.1) is 0 Å². The molecule has 0 aliphatic rings. The van der Waals surface area contributed by atoms with Crippen LogP contribution in [-0.4, -0.2) is 17.5 Å². The van der Waals surface area contributed by atoms with Crippen LogP contribution in [0.15, 0.2) is 24.3 Å². The molecule has 0 heterocycles. The molecule has 0 amide bonds. The zero-order valence-electron chi connectivity index (χ0n) is 7.08. The highest BCUT2D eigenvalue weighted by atomic mass is 16.3. The lowest BCUT2D eigenvalue weighted by Gasteiger charge is -2.03. The number of carbonyl (C=O) groups is 1. The summed E-state index contributed by atoms with van der Waals surface area (Å²) in [5.41, 5.74) is 1.64. The van der Waals surface area contributed by atoms with Gasteiger partial charge >= 0.3 is 0 Å². The largest absolute Gasteiger partial charge is 0.396 e. The van der Waals surface area contributed by atoms with E-state index in [9.17, 15) is 4.79 Å². The maximum absolute atomic E-state index is 11.1. The third kappa shape index (κ3) is 1.92. The number of aliphatic hydroxyl groups excluding tert-OH is 1. The molecule has 0 spiro atoms. The Morgan fingerprint density at radius 1 is 1.42 bits per heavy atom. The van der Waals surface area contributed by atoms with Gasteiger partial charge in [-0.15, -0.1) is 0 Å². The average Bonchev–Trinajstić information content (AvgIpc) is 2.05. The topological polar surface area (TPSA) is 37.3 Å². The van der Waals surface area contributed by atoms with Gasteiger partial charge in [-0.25, -0.2) is 0 Å². The van der Waals surface area contributed by atoms with E-state index in [0.717, 1.165) is 5.56 Å². The van der Waals surface area contributed by atoms with Gasteiger partial charge in [0.15, 0.2) is 5.78 Å². The molecule has 12 heavy (non-hydrogen) atoms. The van der Waals surface area contributed by atoms with Crippen molar-refractivity contribution in [3.05, 3.63) is 35.4 Å². The maximum atomic E-state index is 11.1. The van der Waals surface area contributed by atoms with E-state index in [4.69, 9.17) is 5.11 Å². The van der Waals surface area contributed by atoms with Crippen molar-refractivity contribution < 1.29 is 9.90 Å². The fourth-order valence-corrected chi connectivity index (χ4v) is 1.20. The number of benzene rings is 1. The van der Waals surface area contributed by atoms with Gasteiger partial charge in [0, 0.05) is 12.2 Å². The lowest BCUT2D eigenvalue weighted by atomic mass is 10.0. The zero-order valence-corrected chi connectivity index (χ0v) is 7.08. The summed E-state index contributed by atoms with van der Waals surface area (Å²) in [6, 6.07) is 7.36. The van der Waals surface area contributed by atoms with Gasteiger partial charge in [0.25, 0.3) is 0 Å². The Labute approximate surface area is 71.8 Å². The van der Waals surface area contributed by atoms with Crippen molar-refractivity contribution in [2.24, 2.45) is 0 Å². The van der Waals surface area contributed by atoms with Crippen LogP contribution < -0.4 is 0 Å². The molecular formula is C10H12O2. The van der Waals surface area contributed by atoms with Crippen LogP contribution in [0.2, 0.25) is 0 Å². The molecule has 0 bridgehead atoms. The summed E-state index contributed by atoms with van der Waals surface area (Å²) < 4.78 is 0. The predicted molar refractivity (Wildman–Crippen MR) is 47.2 cm³/mol. The van der Waals surface area contributed by atoms with E-state index in [2.05, 4.69) is 0 Å². The Bertz CT molecular complexity index is 279. The summed E-state index contributed by atoms with van der Waals surface area (Å²) in [5.74, 6) is 0.0547. The van der Waals surface area contributed by atoms with E-state index >= 15 is 0 Å². The van der Waals surface area contributed by atoms with Crippen LogP contribution in [-0.2, 0) is 6.42 Å². The molecule has 0 saturated carbocycles. The summed E-state index contributed by atoms with van der Waals surface area (Å²) in [7, 11) is 0. The number of hydrogen-bond donors (Lipinski definition) is 1. The first-order valence-electron chi connectivity index (χ1n) is 3.95. The SMILES string of the molecule is CC(=O)c1ccccc1CCO. The van der Waals surface area contributed by atoms with Gasteiger partial charge in [-0.3, -0.25) is 4.79 Å². The first-order chi connectivity index (χ1) is 5.75. The molecule has 0 unspecified atom stereocenters. The molecule has 0 aliphatic carbocycles. The van der Waals surface area contributed by atoms with E-state index in [1.165, 1.54) is 6.92 Å². The van der Waals surface area contributed by atoms with Crippen molar-refractivity contribution in [3.8, 4) is 0 Å². The Morgan fingerprint density at radius 3 is 2.67 bits per heavy atom. The van der Waals surface area contributed by atoms with Crippen LogP contribution in [0.3, 0.4) is 0 Å². The third-order valence-corrected chi connectivity index (χ3v) is 1.78. The molecule has 64 valence electrons. The summed E-state index contributed by atoms with van der Waals surface area (Å²) in [5, 5.41) is 8.71. The second-order valence-electron chi connectivity index (χ2n) is 2.69. The maximum Gasteiger partial charge on any atom is 0.160 e. The molecule has 0 atom stereocenters. The lowest BCUT2D eigenvalue weighted by molar-refractivity contribution is 0.101. The van der Waals surface area contributed by atoms with E-state index in [1.54, 1.807) is 6.07 Å². The highest BCUT2D eigenvalue weighted by Crippen LogP contribution is 2.09. The Hall–Kier alpha value is -1.15. The van der Waals surface area contributed by atoms with E-state index < -0.39 is 0 Å². The lowest BCUT2D eigenvalue weighted by Crippen LogP contribution is -2.01. The molecule has 2 heteroatoms. The predicted octanol–water partition coefficient (Wildman–Crippen LogP) is 1.42. The van der Waals surface area contributed by atoms with Crippen LogP contribution in [0.25, 0.3) is 0 Å². The first-order valence-corrected chi connectivity index (χ1v) is 3.95. The molecule has 0 fully saturated rings. The Kier molecular flexibility index (Phi) is 3.00. The van der Waals surface area contributed by atoms with Crippen LogP contribution in [0.5, 0.6) is 0 Å². The minimum absolute atomic E-state index is 0.0547. The molecule has 1 N–H and O–H groups in total. The van der Waals surface area contributed by atoms with Crippen LogP contribution in [0.1, 0.15) is 22.8 Å². The van der Waals surface area contributed by atoms with Crippen molar-refractivity contribution in [1.82, 2.24) is 0 Å². The highest BCUT2D eigenvalue weighted by molar-refractivity contribution is 5.95. The minimum atomic E-state index is 0.0547. The molecule has 0 radical (unpaired) electrons. The Morgan fingerprint density at radius 2 is 2.08 bits per heavy atom. The standard InChI is InChI=1S/C10H12O2/c1-8(12)10-5-3-2-4-9(10)6-7-11/h2-5,11H,6-7H2,1H3. The minimum Gasteiger partial charge on any atom is -0.396 e. The van der Waals surface area contributed by atoms with Crippen molar-refractivity contribution in [2.75, 3.05) is 6.61 Å². The van der Waals surface area contributed by atoms with Gasteiger partial charge in [-0.2, -0.15) is 0 Å². The quantitative estimate of drug-likeness (QED) is 0.686. The van der Waals surface area contributed by atoms with E-state index in [-0.39, 0.29) is 12.4 Å². The fourth-order valence-electron chi connectivity index (χ4n) is 1.20. The monoisotopic (exact) mass is 164 g/mol. The first kappa shape index (κ1) is 8.94. The smallest absolute Gasteiger partial charge is 0.160 e. The number of ketones is 1. The van der Waals surface area contributed by atoms with Gasteiger partial charge in [0.2, 0.25) is 0 Å². The fraction of sp³-hybridized carbons (Fsp3) is 0.300. The number of rotatable bonds is 3. The van der Waals surface area contributed by atoms with E-state index in [1.807, 2.05) is 18.2 Å². The molecule has 1 aromatic rings. The number of carbonyl (C=O) groups excluding carboxylic acids is 1. The number of Topliss-reactive ketones (excluding diaryl/α,β-unsaturated/α-hetero) is 1. The van der Waals surface area contributed by atoms with Gasteiger partial charge in [-0.1, -0.05) is 24.3 Å².